The van der Waals surface area contributed by atoms with Gasteiger partial charge in [-0.15, -0.1) is 0 Å². The fraction of sp³-hybridized carbons (Fsp3) is 0.240. The van der Waals surface area contributed by atoms with Gasteiger partial charge in [0.15, 0.2) is 4.80 Å². The van der Waals surface area contributed by atoms with E-state index in [1.165, 1.54) is 11.3 Å². The Morgan fingerprint density at radius 3 is 2.42 bits per heavy atom. The average Bonchev–Trinajstić information content (AvgIpc) is 3.10. The van der Waals surface area contributed by atoms with Crippen LogP contribution >= 0.6 is 34.5 Å². The van der Waals surface area contributed by atoms with Crippen molar-refractivity contribution in [3.05, 3.63) is 101 Å². The lowest BCUT2D eigenvalue weighted by atomic mass is 9.94. The maximum atomic E-state index is 13.6. The molecule has 1 amide bonds. The van der Waals surface area contributed by atoms with Crippen molar-refractivity contribution < 1.29 is 4.79 Å². The first-order valence-electron chi connectivity index (χ1n) is 10.7. The number of rotatable bonds is 5. The van der Waals surface area contributed by atoms with Crippen LogP contribution in [-0.2, 0) is 4.79 Å². The van der Waals surface area contributed by atoms with Crippen molar-refractivity contribution >= 4 is 46.5 Å². The van der Waals surface area contributed by atoms with Crippen molar-refractivity contribution in [2.24, 2.45) is 4.99 Å². The number of aromatic nitrogens is 1. The summed E-state index contributed by atoms with van der Waals surface area (Å²) in [6.07, 6.45) is 1.77. The molecular weight excluding hydrogens is 477 g/mol. The standard InChI is InChI=1S/C25H23Cl2N3O2S/c1-4-29(5-2)24(32)21-15(3)28-25-30(22(21)16-10-12-18(26)13-11-16)23(31)20(33-25)14-17-8-6-7-9-19(17)27/h6-14,22H,4-5H2,1-3H3/b20-14+/t22-/m0/s1. The first-order chi connectivity index (χ1) is 15.8. The van der Waals surface area contributed by atoms with Gasteiger partial charge in [0.25, 0.3) is 11.5 Å². The summed E-state index contributed by atoms with van der Waals surface area (Å²) in [7, 11) is 0. The van der Waals surface area contributed by atoms with E-state index in [1.54, 1.807) is 33.7 Å². The van der Waals surface area contributed by atoms with Gasteiger partial charge in [-0.2, -0.15) is 0 Å². The number of thiazole rings is 1. The number of hydrogen-bond donors (Lipinski definition) is 0. The highest BCUT2D eigenvalue weighted by molar-refractivity contribution is 7.07. The van der Waals surface area contributed by atoms with Crippen LogP contribution in [0.3, 0.4) is 0 Å². The number of fused-ring (bicyclic) bond motifs is 1. The summed E-state index contributed by atoms with van der Waals surface area (Å²) in [6.45, 7) is 6.83. The quantitative estimate of drug-likeness (QED) is 0.521. The van der Waals surface area contributed by atoms with Gasteiger partial charge in [-0.05, 0) is 56.2 Å². The lowest BCUT2D eigenvalue weighted by molar-refractivity contribution is -0.127. The molecule has 0 fully saturated rings. The molecule has 0 unspecified atom stereocenters. The molecule has 1 atom stereocenters. The van der Waals surface area contributed by atoms with Crippen LogP contribution in [0.25, 0.3) is 6.08 Å². The minimum Gasteiger partial charge on any atom is -0.339 e. The second-order valence-electron chi connectivity index (χ2n) is 7.63. The van der Waals surface area contributed by atoms with Gasteiger partial charge in [-0.25, -0.2) is 4.99 Å². The van der Waals surface area contributed by atoms with E-state index in [2.05, 4.69) is 4.99 Å². The molecule has 2 heterocycles. The van der Waals surface area contributed by atoms with Gasteiger partial charge in [0.1, 0.15) is 0 Å². The van der Waals surface area contributed by atoms with Crippen LogP contribution in [0.1, 0.15) is 37.9 Å². The van der Waals surface area contributed by atoms with Crippen LogP contribution in [0.4, 0.5) is 0 Å². The molecule has 0 radical (unpaired) electrons. The van der Waals surface area contributed by atoms with E-state index in [1.807, 2.05) is 51.1 Å². The normalized spacial score (nSPS) is 15.9. The van der Waals surface area contributed by atoms with Crippen molar-refractivity contribution in [2.75, 3.05) is 13.1 Å². The molecule has 0 spiro atoms. The summed E-state index contributed by atoms with van der Waals surface area (Å²) in [6, 6.07) is 14.0. The molecule has 3 aromatic rings. The highest BCUT2D eigenvalue weighted by atomic mass is 35.5. The zero-order valence-corrected chi connectivity index (χ0v) is 20.8. The van der Waals surface area contributed by atoms with E-state index in [4.69, 9.17) is 23.2 Å². The number of likely N-dealkylation sites (N-methyl/N-ethyl adjacent to an activating group) is 1. The molecule has 8 heteroatoms. The molecule has 0 bridgehead atoms. The molecule has 2 aromatic carbocycles. The van der Waals surface area contributed by atoms with Crippen LogP contribution in [-0.4, -0.2) is 28.5 Å². The third-order valence-electron chi connectivity index (χ3n) is 5.68. The summed E-state index contributed by atoms with van der Waals surface area (Å²) in [5.41, 5.74) is 2.45. The third kappa shape index (κ3) is 4.43. The highest BCUT2D eigenvalue weighted by Crippen LogP contribution is 2.31. The number of carbonyl (C=O) groups excluding carboxylic acids is 1. The van der Waals surface area contributed by atoms with Gasteiger partial charge in [-0.1, -0.05) is 64.9 Å². The number of amides is 1. The molecule has 33 heavy (non-hydrogen) atoms. The summed E-state index contributed by atoms with van der Waals surface area (Å²) < 4.78 is 2.12. The van der Waals surface area contributed by atoms with E-state index in [-0.39, 0.29) is 11.5 Å². The van der Waals surface area contributed by atoms with Gasteiger partial charge in [0.2, 0.25) is 0 Å². The predicted molar refractivity (Wildman–Crippen MR) is 135 cm³/mol. The second-order valence-corrected chi connectivity index (χ2v) is 9.49. The minimum absolute atomic E-state index is 0.124. The average molecular weight is 500 g/mol. The van der Waals surface area contributed by atoms with Crippen molar-refractivity contribution in [1.29, 1.82) is 0 Å². The van der Waals surface area contributed by atoms with Crippen molar-refractivity contribution in [1.82, 2.24) is 9.47 Å². The summed E-state index contributed by atoms with van der Waals surface area (Å²) in [4.78, 5) is 34.1. The van der Waals surface area contributed by atoms with Crippen LogP contribution < -0.4 is 14.9 Å². The fourth-order valence-electron chi connectivity index (χ4n) is 3.97. The second kappa shape index (κ2) is 9.67. The van der Waals surface area contributed by atoms with Crippen LogP contribution in [0, 0.1) is 0 Å². The molecule has 0 saturated carbocycles. The zero-order chi connectivity index (χ0) is 23.7. The maximum absolute atomic E-state index is 13.6. The predicted octanol–water partition coefficient (Wildman–Crippen LogP) is 4.41. The number of benzene rings is 2. The van der Waals surface area contributed by atoms with Crippen LogP contribution in [0.2, 0.25) is 10.0 Å². The molecule has 5 nitrogen and oxygen atoms in total. The molecule has 170 valence electrons. The van der Waals surface area contributed by atoms with Gasteiger partial charge in [-0.3, -0.25) is 14.2 Å². The first kappa shape index (κ1) is 23.5. The highest BCUT2D eigenvalue weighted by Gasteiger charge is 2.34. The van der Waals surface area contributed by atoms with E-state index in [0.717, 1.165) is 11.1 Å². The maximum Gasteiger partial charge on any atom is 0.271 e. The third-order valence-corrected chi connectivity index (χ3v) is 7.26. The van der Waals surface area contributed by atoms with E-state index in [9.17, 15) is 9.59 Å². The van der Waals surface area contributed by atoms with Crippen molar-refractivity contribution in [2.45, 2.75) is 26.8 Å². The molecule has 1 aliphatic rings. The first-order valence-corrected chi connectivity index (χ1v) is 12.2. The summed E-state index contributed by atoms with van der Waals surface area (Å²) in [5.74, 6) is -0.124. The monoisotopic (exact) mass is 499 g/mol. The molecule has 0 N–H and O–H groups in total. The Morgan fingerprint density at radius 2 is 1.79 bits per heavy atom. The number of halogens is 2. The molecule has 1 aromatic heterocycles. The Labute approximate surface area is 205 Å². The Bertz CT molecular complexity index is 1420. The number of hydrogen-bond acceptors (Lipinski definition) is 4. The molecule has 1 aliphatic heterocycles. The van der Waals surface area contributed by atoms with Crippen LogP contribution in [0.15, 0.2) is 69.6 Å². The molecule has 4 rings (SSSR count). The molecular formula is C25H23Cl2N3O2S. The topological polar surface area (TPSA) is 54.7 Å². The lowest BCUT2D eigenvalue weighted by Crippen LogP contribution is -2.43. The number of nitrogens with zero attached hydrogens (tertiary/aromatic N) is 3. The van der Waals surface area contributed by atoms with Crippen molar-refractivity contribution in [3.8, 4) is 0 Å². The van der Waals surface area contributed by atoms with E-state index in [0.29, 0.717) is 43.7 Å². The Hall–Kier alpha value is -2.67. The minimum atomic E-state index is -0.597. The van der Waals surface area contributed by atoms with E-state index < -0.39 is 6.04 Å². The van der Waals surface area contributed by atoms with Crippen molar-refractivity contribution in [3.63, 3.8) is 0 Å². The fourth-order valence-corrected chi connectivity index (χ4v) is 5.32. The Morgan fingerprint density at radius 1 is 1.12 bits per heavy atom. The van der Waals surface area contributed by atoms with E-state index >= 15 is 0 Å². The Balaban J connectivity index is 1.98. The number of allylic oxidation sites excluding steroid dienone is 1. The molecule has 0 saturated heterocycles. The largest absolute Gasteiger partial charge is 0.339 e. The van der Waals surface area contributed by atoms with Gasteiger partial charge in [0.05, 0.1) is 21.8 Å². The SMILES string of the molecule is CCN(CC)C(=O)C1=C(C)N=c2s/c(=C/c3ccccc3Cl)c(=O)n2[C@H]1c1ccc(Cl)cc1. The Kier molecular flexibility index (Phi) is 6.88. The summed E-state index contributed by atoms with van der Waals surface area (Å²) >= 11 is 13.7. The lowest BCUT2D eigenvalue weighted by Gasteiger charge is -2.29. The van der Waals surface area contributed by atoms with Gasteiger partial charge < -0.3 is 4.90 Å². The zero-order valence-electron chi connectivity index (χ0n) is 18.5. The van der Waals surface area contributed by atoms with Gasteiger partial charge in [0, 0.05) is 23.1 Å². The smallest absolute Gasteiger partial charge is 0.271 e. The van der Waals surface area contributed by atoms with Crippen LogP contribution in [0.5, 0.6) is 0 Å². The molecule has 0 aliphatic carbocycles. The number of carbonyl (C=O) groups is 1. The summed E-state index contributed by atoms with van der Waals surface area (Å²) in [5, 5.41) is 1.15. The van der Waals surface area contributed by atoms with Gasteiger partial charge >= 0.3 is 0 Å².